The maximum Gasteiger partial charge on any atom is 0.274 e. The van der Waals surface area contributed by atoms with E-state index in [0.29, 0.717) is 29.0 Å². The molecule has 1 aromatic carbocycles. The van der Waals surface area contributed by atoms with Crippen LogP contribution < -0.4 is 5.32 Å². The van der Waals surface area contributed by atoms with E-state index < -0.39 is 0 Å². The largest absolute Gasteiger partial charge is 0.339 e. The topological polar surface area (TPSA) is 85.3 Å². The zero-order valence-corrected chi connectivity index (χ0v) is 15.6. The van der Waals surface area contributed by atoms with Crippen LogP contribution in [0.3, 0.4) is 0 Å². The molecule has 1 aliphatic carbocycles. The molecule has 4 aromatic rings. The van der Waals surface area contributed by atoms with Crippen molar-refractivity contribution in [3.8, 4) is 11.4 Å². The van der Waals surface area contributed by atoms with Gasteiger partial charge in [0.05, 0.1) is 6.20 Å². The quantitative estimate of drug-likeness (QED) is 0.581. The van der Waals surface area contributed by atoms with Crippen molar-refractivity contribution in [1.82, 2.24) is 19.5 Å². The van der Waals surface area contributed by atoms with Gasteiger partial charge in [-0.25, -0.2) is 4.98 Å². The Bertz CT molecular complexity index is 1200. The van der Waals surface area contributed by atoms with Crippen LogP contribution in [0.4, 0.5) is 5.69 Å². The molecule has 0 bridgehead atoms. The van der Waals surface area contributed by atoms with Crippen molar-refractivity contribution in [3.63, 3.8) is 0 Å². The van der Waals surface area contributed by atoms with Gasteiger partial charge in [-0.3, -0.25) is 9.20 Å². The first-order valence-electron chi connectivity index (χ1n) is 9.28. The van der Waals surface area contributed by atoms with Gasteiger partial charge in [-0.15, -0.1) is 0 Å². The van der Waals surface area contributed by atoms with Gasteiger partial charge in [0.15, 0.2) is 0 Å². The lowest BCUT2D eigenvalue weighted by molar-refractivity contribution is 0.102. The van der Waals surface area contributed by atoms with Crippen LogP contribution in [0.1, 0.15) is 46.3 Å². The Morgan fingerprint density at radius 2 is 2.07 bits per heavy atom. The molecular formula is C21H19N5O2. The lowest BCUT2D eigenvalue weighted by Gasteiger charge is -2.10. The summed E-state index contributed by atoms with van der Waals surface area (Å²) in [5.74, 6) is 1.40. The van der Waals surface area contributed by atoms with Crippen LogP contribution in [0.25, 0.3) is 17.0 Å². The van der Waals surface area contributed by atoms with Gasteiger partial charge < -0.3 is 9.84 Å². The van der Waals surface area contributed by atoms with E-state index in [1.807, 2.05) is 41.8 Å². The Morgan fingerprint density at radius 1 is 1.21 bits per heavy atom. The molecule has 0 radical (unpaired) electrons. The summed E-state index contributed by atoms with van der Waals surface area (Å²) in [6, 6.07) is 9.76. The molecule has 1 N–H and O–H groups in total. The third-order valence-electron chi connectivity index (χ3n) is 5.08. The van der Waals surface area contributed by atoms with Crippen molar-refractivity contribution in [2.24, 2.45) is 0 Å². The smallest absolute Gasteiger partial charge is 0.274 e. The van der Waals surface area contributed by atoms with Gasteiger partial charge in [-0.05, 0) is 48.9 Å². The molecule has 3 heterocycles. The molecule has 28 heavy (non-hydrogen) atoms. The average molecular weight is 373 g/mol. The molecule has 1 amide bonds. The Morgan fingerprint density at radius 3 is 2.82 bits per heavy atom. The molecule has 1 saturated carbocycles. The van der Waals surface area contributed by atoms with E-state index in [1.54, 1.807) is 13.1 Å². The van der Waals surface area contributed by atoms with Crippen LogP contribution >= 0.6 is 0 Å². The normalized spacial score (nSPS) is 13.8. The van der Waals surface area contributed by atoms with Crippen LogP contribution in [0, 0.1) is 13.8 Å². The van der Waals surface area contributed by atoms with Crippen molar-refractivity contribution in [2.75, 3.05) is 5.32 Å². The van der Waals surface area contributed by atoms with Crippen LogP contribution in [0.15, 0.2) is 47.2 Å². The van der Waals surface area contributed by atoms with Gasteiger partial charge in [-0.1, -0.05) is 23.4 Å². The number of nitrogens with one attached hydrogen (secondary N) is 1. The van der Waals surface area contributed by atoms with Crippen molar-refractivity contribution in [3.05, 3.63) is 65.4 Å². The predicted octanol–water partition coefficient (Wildman–Crippen LogP) is 4.13. The molecule has 0 saturated heterocycles. The molecule has 1 fully saturated rings. The van der Waals surface area contributed by atoms with Crippen molar-refractivity contribution in [1.29, 1.82) is 0 Å². The lowest BCUT2D eigenvalue weighted by Crippen LogP contribution is -2.15. The van der Waals surface area contributed by atoms with Crippen molar-refractivity contribution >= 4 is 17.2 Å². The highest BCUT2D eigenvalue weighted by Crippen LogP contribution is 2.40. The first-order valence-corrected chi connectivity index (χ1v) is 9.28. The minimum Gasteiger partial charge on any atom is -0.339 e. The molecule has 0 atom stereocenters. The van der Waals surface area contributed by atoms with Crippen LogP contribution in [0.5, 0.6) is 0 Å². The number of hydrogen-bond donors (Lipinski definition) is 1. The van der Waals surface area contributed by atoms with E-state index in [9.17, 15) is 4.79 Å². The van der Waals surface area contributed by atoms with Gasteiger partial charge in [0.25, 0.3) is 5.91 Å². The Hall–Kier alpha value is -3.48. The Balaban J connectivity index is 1.47. The zero-order chi connectivity index (χ0) is 19.3. The van der Waals surface area contributed by atoms with Gasteiger partial charge in [-0.2, -0.15) is 4.98 Å². The summed E-state index contributed by atoms with van der Waals surface area (Å²) < 4.78 is 6.92. The first kappa shape index (κ1) is 16.7. The second kappa shape index (κ2) is 6.30. The van der Waals surface area contributed by atoms with E-state index in [2.05, 4.69) is 26.5 Å². The number of carbonyl (C=O) groups is 1. The fourth-order valence-electron chi connectivity index (χ4n) is 3.32. The Labute approximate surface area is 161 Å². The van der Waals surface area contributed by atoms with Gasteiger partial charge in [0.2, 0.25) is 11.7 Å². The zero-order valence-electron chi connectivity index (χ0n) is 15.6. The van der Waals surface area contributed by atoms with Gasteiger partial charge >= 0.3 is 0 Å². The number of aryl methyl sites for hydroxylation is 2. The summed E-state index contributed by atoms with van der Waals surface area (Å²) in [6.45, 7) is 3.69. The number of rotatable bonds is 4. The highest BCUT2D eigenvalue weighted by atomic mass is 16.5. The monoisotopic (exact) mass is 373 g/mol. The van der Waals surface area contributed by atoms with E-state index in [4.69, 9.17) is 4.52 Å². The number of fused-ring (bicyclic) bond motifs is 1. The summed E-state index contributed by atoms with van der Waals surface area (Å²) in [5.41, 5.74) is 4.97. The Kier molecular flexibility index (Phi) is 3.75. The average Bonchev–Trinajstić information content (AvgIpc) is 3.31. The number of carbonyl (C=O) groups excluding carboxylic acids is 1. The lowest BCUT2D eigenvalue weighted by atomic mass is 10.1. The molecule has 7 nitrogen and oxygen atoms in total. The molecule has 0 spiro atoms. The summed E-state index contributed by atoms with van der Waals surface area (Å²) >= 11 is 0. The molecule has 140 valence electrons. The molecule has 7 heteroatoms. The van der Waals surface area contributed by atoms with Gasteiger partial charge in [0.1, 0.15) is 11.3 Å². The minimum atomic E-state index is -0.204. The minimum absolute atomic E-state index is 0.204. The molecule has 0 aliphatic heterocycles. The first-order chi connectivity index (χ1) is 13.6. The second-order valence-electron chi connectivity index (χ2n) is 7.23. The number of nitrogens with zero attached hydrogens (tertiary/aromatic N) is 4. The fourth-order valence-corrected chi connectivity index (χ4v) is 3.32. The maximum atomic E-state index is 13.0. The summed E-state index contributed by atoms with van der Waals surface area (Å²) in [6.07, 6.45) is 6.07. The molecular weight excluding hydrogens is 354 g/mol. The standard InChI is InChI=1S/C21H19N5O2/c1-12-3-4-15(20-23-13(2)28-25-20)9-17(12)24-21(27)18-10-22-19-8-7-16(11-26(18)19)14-5-6-14/h3-4,7-11,14H,5-6H2,1-2H3,(H,24,27). The van der Waals surface area contributed by atoms with E-state index in [0.717, 1.165) is 16.8 Å². The van der Waals surface area contributed by atoms with Gasteiger partial charge in [0, 0.05) is 24.4 Å². The highest BCUT2D eigenvalue weighted by molar-refractivity contribution is 6.04. The third kappa shape index (κ3) is 2.94. The number of hydrogen-bond acceptors (Lipinski definition) is 5. The van der Waals surface area contributed by atoms with Crippen molar-refractivity contribution in [2.45, 2.75) is 32.6 Å². The number of pyridine rings is 1. The van der Waals surface area contributed by atoms with Crippen LogP contribution in [-0.2, 0) is 0 Å². The number of imidazole rings is 1. The molecule has 0 unspecified atom stereocenters. The van der Waals surface area contributed by atoms with E-state index in [-0.39, 0.29) is 5.91 Å². The van der Waals surface area contributed by atoms with Crippen LogP contribution in [0.2, 0.25) is 0 Å². The van der Waals surface area contributed by atoms with Crippen LogP contribution in [-0.4, -0.2) is 25.4 Å². The maximum absolute atomic E-state index is 13.0. The molecule has 5 rings (SSSR count). The number of aromatic nitrogens is 4. The SMILES string of the molecule is Cc1nc(-c2ccc(C)c(NC(=O)c3cnc4ccc(C5CC5)cn34)c2)no1. The molecule has 3 aromatic heterocycles. The summed E-state index contributed by atoms with van der Waals surface area (Å²) in [5, 5.41) is 6.95. The van der Waals surface area contributed by atoms with E-state index >= 15 is 0 Å². The van der Waals surface area contributed by atoms with E-state index in [1.165, 1.54) is 18.4 Å². The van der Waals surface area contributed by atoms with Crippen molar-refractivity contribution < 1.29 is 9.32 Å². The second-order valence-corrected chi connectivity index (χ2v) is 7.23. The third-order valence-corrected chi connectivity index (χ3v) is 5.08. The summed E-state index contributed by atoms with van der Waals surface area (Å²) in [7, 11) is 0. The summed E-state index contributed by atoms with van der Waals surface area (Å²) in [4.78, 5) is 21.6. The fraction of sp³-hybridized carbons (Fsp3) is 0.238. The molecule has 1 aliphatic rings. The number of benzene rings is 1. The number of anilines is 1. The predicted molar refractivity (Wildman–Crippen MR) is 104 cm³/mol. The highest BCUT2D eigenvalue weighted by Gasteiger charge is 2.24. The number of amides is 1.